The van der Waals surface area contributed by atoms with Crippen LogP contribution in [0.4, 0.5) is 17.6 Å². The molecule has 1 aromatic heterocycles. The van der Waals surface area contributed by atoms with Crippen LogP contribution in [0, 0.1) is 5.53 Å². The van der Waals surface area contributed by atoms with Gasteiger partial charge in [0, 0.05) is 57.6 Å². The van der Waals surface area contributed by atoms with Gasteiger partial charge in [0.2, 0.25) is 5.95 Å². The van der Waals surface area contributed by atoms with Gasteiger partial charge in [-0.2, -0.15) is 15.1 Å². The smallest absolute Gasteiger partial charge is 0.226 e. The highest BCUT2D eigenvalue weighted by Crippen LogP contribution is 2.23. The van der Waals surface area contributed by atoms with Crippen LogP contribution in [0.25, 0.3) is 0 Å². The number of likely N-dealkylation sites (tertiary alicyclic amines) is 1. The van der Waals surface area contributed by atoms with Crippen LogP contribution in [0.1, 0.15) is 25.3 Å². The van der Waals surface area contributed by atoms with E-state index in [1.807, 2.05) is 6.07 Å². The van der Waals surface area contributed by atoms with E-state index < -0.39 is 6.10 Å². The molecule has 2 aliphatic heterocycles. The zero-order valence-electron chi connectivity index (χ0n) is 21.6. The summed E-state index contributed by atoms with van der Waals surface area (Å²) in [6.45, 7) is 8.36. The van der Waals surface area contributed by atoms with E-state index in [0.717, 1.165) is 57.2 Å². The molecule has 4 rings (SSSR count). The van der Waals surface area contributed by atoms with Crippen LogP contribution in [-0.2, 0) is 11.3 Å². The number of anilines is 3. The van der Waals surface area contributed by atoms with Crippen LogP contribution < -0.4 is 20.9 Å². The summed E-state index contributed by atoms with van der Waals surface area (Å²) in [4.78, 5) is 14.2. The fourth-order valence-electron chi connectivity index (χ4n) is 4.47. The largest absolute Gasteiger partial charge is 0.392 e. The van der Waals surface area contributed by atoms with E-state index in [1.54, 1.807) is 13.1 Å². The maximum atomic E-state index is 9.42. The number of aromatic nitrogens is 2. The van der Waals surface area contributed by atoms with Crippen LogP contribution >= 0.6 is 0 Å². The molecule has 11 nitrogen and oxygen atoms in total. The number of nitrogens with one attached hydrogen (secondary N) is 4. The Hall–Kier alpha value is -3.28. The van der Waals surface area contributed by atoms with Crippen molar-refractivity contribution in [2.24, 2.45) is 5.11 Å². The second kappa shape index (κ2) is 13.9. The van der Waals surface area contributed by atoms with E-state index in [4.69, 9.17) is 20.2 Å². The average molecular weight is 510 g/mol. The SMILES string of the molecule is CC(O)CN/C=C(/CNc1nc(NC2CCN(Cc3ccccc3)CC2)cc(N2CCOCC2)n1)N=N. The third-order valence-corrected chi connectivity index (χ3v) is 6.49. The first-order valence-corrected chi connectivity index (χ1v) is 13.1. The van der Waals surface area contributed by atoms with E-state index >= 15 is 0 Å². The lowest BCUT2D eigenvalue weighted by molar-refractivity contribution is 0.122. The monoisotopic (exact) mass is 509 g/mol. The van der Waals surface area contributed by atoms with Gasteiger partial charge in [-0.15, -0.1) is 0 Å². The highest BCUT2D eigenvalue weighted by molar-refractivity contribution is 5.54. The molecule has 2 saturated heterocycles. The molecule has 200 valence electrons. The second-order valence-electron chi connectivity index (χ2n) is 9.57. The molecule has 11 heteroatoms. The van der Waals surface area contributed by atoms with Crippen molar-refractivity contribution in [2.45, 2.75) is 38.5 Å². The minimum atomic E-state index is -0.483. The number of aliphatic hydroxyl groups is 1. The van der Waals surface area contributed by atoms with Gasteiger partial charge in [-0.05, 0) is 25.3 Å². The van der Waals surface area contributed by atoms with Crippen molar-refractivity contribution < 1.29 is 9.84 Å². The minimum Gasteiger partial charge on any atom is -0.392 e. The van der Waals surface area contributed by atoms with Gasteiger partial charge in [0.15, 0.2) is 0 Å². The van der Waals surface area contributed by atoms with Gasteiger partial charge in [0.25, 0.3) is 0 Å². The van der Waals surface area contributed by atoms with Crippen LogP contribution in [0.5, 0.6) is 0 Å². The molecule has 3 heterocycles. The first-order chi connectivity index (χ1) is 18.1. The summed E-state index contributed by atoms with van der Waals surface area (Å²) in [5, 5.41) is 22.8. The summed E-state index contributed by atoms with van der Waals surface area (Å²) in [7, 11) is 0. The van der Waals surface area contributed by atoms with Crippen LogP contribution in [-0.4, -0.2) is 84.6 Å². The van der Waals surface area contributed by atoms with Gasteiger partial charge >= 0.3 is 0 Å². The molecule has 37 heavy (non-hydrogen) atoms. The Balaban J connectivity index is 1.39. The molecule has 5 N–H and O–H groups in total. The minimum absolute atomic E-state index is 0.292. The van der Waals surface area contributed by atoms with Gasteiger partial charge in [-0.25, -0.2) is 5.53 Å². The predicted molar refractivity (Wildman–Crippen MR) is 145 cm³/mol. The van der Waals surface area contributed by atoms with Gasteiger partial charge in [-0.1, -0.05) is 30.3 Å². The van der Waals surface area contributed by atoms with Crippen molar-refractivity contribution in [3.63, 3.8) is 0 Å². The number of rotatable bonds is 12. The van der Waals surface area contributed by atoms with Gasteiger partial charge in [-0.3, -0.25) is 4.90 Å². The summed E-state index contributed by atoms with van der Waals surface area (Å²) < 4.78 is 5.52. The Kier molecular flexibility index (Phi) is 10.0. The molecule has 0 aliphatic carbocycles. The fourth-order valence-corrected chi connectivity index (χ4v) is 4.47. The molecule has 0 bridgehead atoms. The van der Waals surface area contributed by atoms with Crippen molar-refractivity contribution in [1.82, 2.24) is 20.2 Å². The number of hydrogen-bond donors (Lipinski definition) is 5. The molecule has 1 atom stereocenters. The molecule has 2 aliphatic rings. The number of hydrogen-bond acceptors (Lipinski definition) is 11. The second-order valence-corrected chi connectivity index (χ2v) is 9.57. The number of nitrogens with zero attached hydrogens (tertiary/aromatic N) is 5. The highest BCUT2D eigenvalue weighted by atomic mass is 16.5. The van der Waals surface area contributed by atoms with Gasteiger partial charge < -0.3 is 30.7 Å². The Labute approximate surface area is 218 Å². The van der Waals surface area contributed by atoms with Crippen LogP contribution in [0.15, 0.2) is 53.4 Å². The summed E-state index contributed by atoms with van der Waals surface area (Å²) >= 11 is 0. The summed E-state index contributed by atoms with van der Waals surface area (Å²) in [5.74, 6) is 2.13. The maximum absolute atomic E-state index is 9.42. The molecular formula is C26H39N9O2. The topological polar surface area (TPSA) is 134 Å². The lowest BCUT2D eigenvalue weighted by Crippen LogP contribution is -2.39. The number of aliphatic hydroxyl groups excluding tert-OH is 1. The molecule has 1 unspecified atom stereocenters. The van der Waals surface area contributed by atoms with Crippen LogP contribution in [0.2, 0.25) is 0 Å². The van der Waals surface area contributed by atoms with Crippen molar-refractivity contribution in [1.29, 1.82) is 5.53 Å². The summed E-state index contributed by atoms with van der Waals surface area (Å²) in [5.41, 5.74) is 9.29. The van der Waals surface area contributed by atoms with Gasteiger partial charge in [0.1, 0.15) is 11.6 Å². The predicted octanol–water partition coefficient (Wildman–Crippen LogP) is 2.64. The molecule has 2 fully saturated rings. The van der Waals surface area contributed by atoms with Gasteiger partial charge in [0.05, 0.1) is 31.6 Å². The number of morpholine rings is 1. The van der Waals surface area contributed by atoms with E-state index in [-0.39, 0.29) is 0 Å². The zero-order chi connectivity index (χ0) is 25.9. The Morgan fingerprint density at radius 3 is 2.65 bits per heavy atom. The first-order valence-electron chi connectivity index (χ1n) is 13.1. The molecule has 1 aromatic carbocycles. The zero-order valence-corrected chi connectivity index (χ0v) is 21.6. The van der Waals surface area contributed by atoms with E-state index in [2.05, 4.69) is 61.2 Å². The lowest BCUT2D eigenvalue weighted by Gasteiger charge is -2.33. The van der Waals surface area contributed by atoms with E-state index in [1.165, 1.54) is 5.56 Å². The standard InChI is InChI=1S/C26H39N9O2/c1-20(36)16-28-17-23(33-27)18-29-26-31-24(15-25(32-26)35-11-13-37-14-12-35)30-22-7-9-34(10-8-22)19-21-5-3-2-4-6-21/h2-6,15,17,20,22,27-28,36H,7-14,16,18-19H2,1H3,(H2,29,30,31,32)/b23-17-,33-27?. The lowest BCUT2D eigenvalue weighted by atomic mass is 10.0. The third kappa shape index (κ3) is 8.66. The number of benzene rings is 1. The average Bonchev–Trinajstić information content (AvgIpc) is 2.92. The van der Waals surface area contributed by atoms with E-state index in [0.29, 0.717) is 44.0 Å². The molecule has 2 aromatic rings. The molecule has 0 radical (unpaired) electrons. The molecule has 0 amide bonds. The van der Waals surface area contributed by atoms with Crippen molar-refractivity contribution >= 4 is 17.6 Å². The summed E-state index contributed by atoms with van der Waals surface area (Å²) in [6, 6.07) is 13.0. The van der Waals surface area contributed by atoms with Crippen molar-refractivity contribution in [3.8, 4) is 0 Å². The maximum Gasteiger partial charge on any atom is 0.226 e. The Morgan fingerprint density at radius 2 is 1.95 bits per heavy atom. The fraction of sp³-hybridized carbons (Fsp3) is 0.538. The quantitative estimate of drug-likeness (QED) is 0.274. The van der Waals surface area contributed by atoms with Crippen molar-refractivity contribution in [2.75, 3.05) is 68.0 Å². The van der Waals surface area contributed by atoms with Crippen LogP contribution in [0.3, 0.4) is 0 Å². The molecule has 0 saturated carbocycles. The normalized spacial score (nSPS) is 18.3. The summed E-state index contributed by atoms with van der Waals surface area (Å²) in [6.07, 6.45) is 3.24. The number of piperidine rings is 1. The molecular weight excluding hydrogens is 470 g/mol. The Bertz CT molecular complexity index is 1000. The highest BCUT2D eigenvalue weighted by Gasteiger charge is 2.21. The van der Waals surface area contributed by atoms with E-state index in [9.17, 15) is 5.11 Å². The number of ether oxygens (including phenoxy) is 1. The Morgan fingerprint density at radius 1 is 1.19 bits per heavy atom. The third-order valence-electron chi connectivity index (χ3n) is 6.49. The molecule has 0 spiro atoms. The van der Waals surface area contributed by atoms with Crippen molar-refractivity contribution in [3.05, 3.63) is 53.9 Å². The first kappa shape index (κ1) is 26.8.